The van der Waals surface area contributed by atoms with Gasteiger partial charge >= 0.3 is 0 Å². The minimum atomic E-state index is -0.250. The fourth-order valence-corrected chi connectivity index (χ4v) is 4.97. The monoisotopic (exact) mass is 570 g/mol. The van der Waals surface area contributed by atoms with Gasteiger partial charge in [0.2, 0.25) is 0 Å². The average molecular weight is 571 g/mol. The van der Waals surface area contributed by atoms with Gasteiger partial charge in [0.25, 0.3) is 18.3 Å². The van der Waals surface area contributed by atoms with Crippen molar-refractivity contribution in [1.29, 1.82) is 0 Å². The van der Waals surface area contributed by atoms with Crippen LogP contribution in [0.15, 0.2) is 22.9 Å². The molecule has 0 unspecified atom stereocenters. The first-order chi connectivity index (χ1) is 19.8. The second-order valence-corrected chi connectivity index (χ2v) is 11.4. The molecule has 3 aromatic heterocycles. The molecule has 1 fully saturated rings. The van der Waals surface area contributed by atoms with Gasteiger partial charge < -0.3 is 28.6 Å². The van der Waals surface area contributed by atoms with Gasteiger partial charge in [0.15, 0.2) is 11.5 Å². The number of carbonyl (C=O) groups is 2. The summed E-state index contributed by atoms with van der Waals surface area (Å²) in [5, 5.41) is 10.9. The van der Waals surface area contributed by atoms with E-state index in [-0.39, 0.29) is 19.0 Å². The molecule has 1 amide bonds. The predicted molar refractivity (Wildman–Crippen MR) is 157 cm³/mol. The number of imidazole rings is 1. The number of carbonyl (C=O) groups excluding carboxylic acids is 1. The van der Waals surface area contributed by atoms with Crippen LogP contribution in [0.25, 0.3) is 17.2 Å². The molecule has 1 aliphatic rings. The Bertz CT molecular complexity index is 1220. The van der Waals surface area contributed by atoms with Gasteiger partial charge in [-0.15, -0.1) is 0 Å². The number of nitrogens with zero attached hydrogens (tertiary/aromatic N) is 6. The third-order valence-electron chi connectivity index (χ3n) is 7.24. The Hall–Kier alpha value is -3.31. The number of aromatic nitrogens is 4. The van der Waals surface area contributed by atoms with Gasteiger partial charge in [-0.05, 0) is 82.1 Å². The molecule has 0 radical (unpaired) electrons. The second kappa shape index (κ2) is 16.2. The molecule has 11 nitrogen and oxygen atoms in total. The highest BCUT2D eigenvalue weighted by molar-refractivity contribution is 5.94. The number of rotatable bonds is 14. The average Bonchev–Trinajstić information content (AvgIpc) is 3.69. The lowest BCUT2D eigenvalue weighted by Gasteiger charge is -2.24. The van der Waals surface area contributed by atoms with E-state index in [1.165, 1.54) is 25.9 Å². The van der Waals surface area contributed by atoms with Crippen LogP contribution in [0.1, 0.15) is 81.7 Å². The van der Waals surface area contributed by atoms with Crippen LogP contribution in [0.3, 0.4) is 0 Å². The summed E-state index contributed by atoms with van der Waals surface area (Å²) in [5.41, 5.74) is 3.13. The Kier molecular flexibility index (Phi) is 12.7. The van der Waals surface area contributed by atoms with Crippen molar-refractivity contribution in [1.82, 2.24) is 29.3 Å². The molecule has 1 N–H and O–H groups in total. The van der Waals surface area contributed by atoms with Gasteiger partial charge in [-0.3, -0.25) is 9.59 Å². The Morgan fingerprint density at radius 3 is 2.39 bits per heavy atom. The van der Waals surface area contributed by atoms with Gasteiger partial charge in [0.05, 0.1) is 11.3 Å². The SMILES string of the molecule is COCc1noc(-c2nc3ccc(C(=O)N(CCC(C)C)CCC(C)C)cn3c2CCCN2CCCC2)n1.O=CO. The first kappa shape index (κ1) is 32.2. The van der Waals surface area contributed by atoms with Gasteiger partial charge in [-0.25, -0.2) is 4.98 Å². The van der Waals surface area contributed by atoms with Crippen LogP contribution >= 0.6 is 0 Å². The van der Waals surface area contributed by atoms with Crippen LogP contribution in [0.4, 0.5) is 0 Å². The van der Waals surface area contributed by atoms with Crippen molar-refractivity contribution in [3.8, 4) is 11.6 Å². The van der Waals surface area contributed by atoms with Crippen LogP contribution < -0.4 is 0 Å². The Labute approximate surface area is 242 Å². The minimum absolute atomic E-state index is 0.0756. The number of hydrogen-bond acceptors (Lipinski definition) is 8. The molecule has 11 heteroatoms. The van der Waals surface area contributed by atoms with Crippen molar-refractivity contribution < 1.29 is 24.0 Å². The third kappa shape index (κ3) is 9.36. The van der Waals surface area contributed by atoms with E-state index in [1.807, 2.05) is 23.2 Å². The standard InChI is InChI=1S/C29H44N6O3.CH2O2/c1-21(2)12-17-34(18-13-22(3)4)29(36)23-10-11-26-31-27(28-30-25(20-37-5)32-38-28)24(35(26)19-23)9-8-16-33-14-6-7-15-33;2-1-3/h10-11,19,21-22H,6-9,12-18,20H2,1-5H3;1H,(H,2,3). The summed E-state index contributed by atoms with van der Waals surface area (Å²) in [5.74, 6) is 2.04. The number of aryl methyl sites for hydroxylation is 1. The maximum atomic E-state index is 13.7. The summed E-state index contributed by atoms with van der Waals surface area (Å²) in [7, 11) is 1.61. The van der Waals surface area contributed by atoms with E-state index in [1.54, 1.807) is 7.11 Å². The van der Waals surface area contributed by atoms with Crippen molar-refractivity contribution in [2.24, 2.45) is 11.8 Å². The van der Waals surface area contributed by atoms with E-state index in [0.29, 0.717) is 34.8 Å². The highest BCUT2D eigenvalue weighted by atomic mass is 16.5. The van der Waals surface area contributed by atoms with E-state index in [9.17, 15) is 4.79 Å². The van der Waals surface area contributed by atoms with E-state index < -0.39 is 0 Å². The maximum absolute atomic E-state index is 13.7. The largest absolute Gasteiger partial charge is 0.483 e. The van der Waals surface area contributed by atoms with Crippen molar-refractivity contribution in [3.05, 3.63) is 35.4 Å². The topological polar surface area (TPSA) is 126 Å². The minimum Gasteiger partial charge on any atom is -0.483 e. The number of pyridine rings is 1. The molecule has 4 heterocycles. The van der Waals surface area contributed by atoms with E-state index in [2.05, 4.69) is 47.1 Å². The fraction of sp³-hybridized carbons (Fsp3) is 0.633. The van der Waals surface area contributed by atoms with Gasteiger partial charge in [-0.1, -0.05) is 32.9 Å². The molecule has 3 aromatic rings. The molecule has 4 rings (SSSR count). The summed E-state index contributed by atoms with van der Waals surface area (Å²) in [6.45, 7) is 13.8. The lowest BCUT2D eigenvalue weighted by atomic mass is 10.1. The van der Waals surface area contributed by atoms with Gasteiger partial charge in [-0.2, -0.15) is 4.98 Å². The molecular weight excluding hydrogens is 524 g/mol. The summed E-state index contributed by atoms with van der Waals surface area (Å²) in [6.07, 6.45) is 8.28. The zero-order valence-corrected chi connectivity index (χ0v) is 25.2. The zero-order chi connectivity index (χ0) is 29.8. The van der Waals surface area contributed by atoms with Crippen molar-refractivity contribution >= 4 is 18.0 Å². The Morgan fingerprint density at radius 1 is 1.12 bits per heavy atom. The maximum Gasteiger partial charge on any atom is 0.290 e. The lowest BCUT2D eigenvalue weighted by Crippen LogP contribution is -2.34. The van der Waals surface area contributed by atoms with Crippen LogP contribution in [-0.4, -0.2) is 86.6 Å². The number of ether oxygens (including phenoxy) is 1. The predicted octanol–water partition coefficient (Wildman–Crippen LogP) is 4.79. The van der Waals surface area contributed by atoms with Crippen molar-refractivity contribution in [2.45, 2.75) is 72.8 Å². The highest BCUT2D eigenvalue weighted by Crippen LogP contribution is 2.26. The van der Waals surface area contributed by atoms with Gasteiger partial charge in [0, 0.05) is 26.4 Å². The summed E-state index contributed by atoms with van der Waals surface area (Å²) in [6, 6.07) is 3.82. The molecular formula is C30H46N6O5. The van der Waals surface area contributed by atoms with Crippen LogP contribution in [0.2, 0.25) is 0 Å². The molecule has 41 heavy (non-hydrogen) atoms. The second-order valence-electron chi connectivity index (χ2n) is 11.4. The first-order valence-corrected chi connectivity index (χ1v) is 14.7. The smallest absolute Gasteiger partial charge is 0.290 e. The molecule has 1 aliphatic heterocycles. The van der Waals surface area contributed by atoms with Crippen LogP contribution in [0, 0.1) is 11.8 Å². The molecule has 0 atom stereocenters. The Morgan fingerprint density at radius 2 is 1.78 bits per heavy atom. The summed E-state index contributed by atoms with van der Waals surface area (Å²) >= 11 is 0. The number of amides is 1. The number of carboxylic acid groups (broad SMARTS) is 1. The van der Waals surface area contributed by atoms with Crippen molar-refractivity contribution in [2.75, 3.05) is 39.8 Å². The number of methoxy groups -OCH3 is 1. The third-order valence-corrected chi connectivity index (χ3v) is 7.24. The first-order valence-electron chi connectivity index (χ1n) is 14.7. The lowest BCUT2D eigenvalue weighted by molar-refractivity contribution is -0.122. The molecule has 0 bridgehead atoms. The van der Waals surface area contributed by atoms with Crippen molar-refractivity contribution in [3.63, 3.8) is 0 Å². The normalized spacial score (nSPS) is 13.6. The molecule has 0 aromatic carbocycles. The number of fused-ring (bicyclic) bond motifs is 1. The Balaban J connectivity index is 0.00000147. The summed E-state index contributed by atoms with van der Waals surface area (Å²) < 4.78 is 12.8. The molecule has 1 saturated heterocycles. The molecule has 0 aliphatic carbocycles. The fourth-order valence-electron chi connectivity index (χ4n) is 4.97. The zero-order valence-electron chi connectivity index (χ0n) is 25.2. The molecule has 226 valence electrons. The molecule has 0 spiro atoms. The van der Waals surface area contributed by atoms with E-state index >= 15 is 0 Å². The highest BCUT2D eigenvalue weighted by Gasteiger charge is 2.23. The van der Waals surface area contributed by atoms with Crippen LogP contribution in [-0.2, 0) is 22.6 Å². The quantitative estimate of drug-likeness (QED) is 0.272. The summed E-state index contributed by atoms with van der Waals surface area (Å²) in [4.78, 5) is 36.0. The number of likely N-dealkylation sites (tertiary alicyclic amines) is 1. The van der Waals surface area contributed by atoms with E-state index in [4.69, 9.17) is 24.1 Å². The van der Waals surface area contributed by atoms with E-state index in [0.717, 1.165) is 56.7 Å². The number of hydrogen-bond donors (Lipinski definition) is 1. The van der Waals surface area contributed by atoms with Crippen LogP contribution in [0.5, 0.6) is 0 Å². The molecule has 0 saturated carbocycles. The van der Waals surface area contributed by atoms with Gasteiger partial charge in [0.1, 0.15) is 12.3 Å².